The van der Waals surface area contributed by atoms with Gasteiger partial charge in [0.25, 0.3) is 5.91 Å². The summed E-state index contributed by atoms with van der Waals surface area (Å²) < 4.78 is 6.65. The fourth-order valence-electron chi connectivity index (χ4n) is 2.61. The van der Waals surface area contributed by atoms with Crippen molar-refractivity contribution in [1.82, 2.24) is 4.98 Å². The average molecular weight is 381 g/mol. The van der Waals surface area contributed by atoms with Crippen molar-refractivity contribution in [3.63, 3.8) is 0 Å². The molecule has 1 fully saturated rings. The van der Waals surface area contributed by atoms with E-state index < -0.39 is 0 Å². The minimum absolute atomic E-state index is 0.0406. The molecule has 7 heteroatoms. The first-order valence-electron chi connectivity index (χ1n) is 8.76. The van der Waals surface area contributed by atoms with Gasteiger partial charge < -0.3 is 10.1 Å². The molecule has 0 atom stereocenters. The van der Waals surface area contributed by atoms with Gasteiger partial charge in [-0.3, -0.25) is 14.5 Å². The maximum atomic E-state index is 12.5. The van der Waals surface area contributed by atoms with Gasteiger partial charge in [-0.05, 0) is 37.1 Å². The summed E-state index contributed by atoms with van der Waals surface area (Å²) in [5, 5.41) is 3.51. The van der Waals surface area contributed by atoms with E-state index in [0.717, 1.165) is 23.1 Å². The first-order chi connectivity index (χ1) is 13.1. The zero-order valence-electron chi connectivity index (χ0n) is 14.8. The molecule has 138 valence electrons. The summed E-state index contributed by atoms with van der Waals surface area (Å²) in [5.41, 5.74) is 1.55. The molecule has 0 aliphatic heterocycles. The number of nitrogens with zero attached hydrogens (tertiary/aromatic N) is 2. The second kappa shape index (κ2) is 7.36. The third kappa shape index (κ3) is 4.09. The monoisotopic (exact) mass is 381 g/mol. The normalized spacial score (nSPS) is 13.4. The Labute approximate surface area is 160 Å². The van der Waals surface area contributed by atoms with Gasteiger partial charge in [-0.1, -0.05) is 29.5 Å². The Kier molecular flexibility index (Phi) is 4.77. The van der Waals surface area contributed by atoms with E-state index in [9.17, 15) is 9.59 Å². The number of thiazole rings is 1. The molecule has 1 N–H and O–H groups in total. The van der Waals surface area contributed by atoms with Gasteiger partial charge in [-0.2, -0.15) is 0 Å². The van der Waals surface area contributed by atoms with Gasteiger partial charge in [0.05, 0.1) is 10.2 Å². The number of rotatable bonds is 6. The van der Waals surface area contributed by atoms with E-state index in [-0.39, 0.29) is 24.3 Å². The van der Waals surface area contributed by atoms with Crippen LogP contribution in [0.3, 0.4) is 0 Å². The number of anilines is 2. The molecule has 2 aromatic carbocycles. The maximum Gasteiger partial charge on any atom is 0.266 e. The molecule has 1 aliphatic rings. The largest absolute Gasteiger partial charge is 0.484 e. The van der Waals surface area contributed by atoms with Crippen LogP contribution in [0.15, 0.2) is 48.5 Å². The molecular weight excluding hydrogens is 362 g/mol. The van der Waals surface area contributed by atoms with Crippen molar-refractivity contribution in [3.05, 3.63) is 48.5 Å². The standard InChI is InChI=1S/C20H19N3O3S/c1-23(20-22-16-7-2-3-8-17(16)27-20)18(24)12-26-15-6-4-5-14(11-15)21-19(25)13-9-10-13/h2-8,11,13H,9-10,12H2,1H3,(H,21,25). The zero-order valence-corrected chi connectivity index (χ0v) is 15.7. The summed E-state index contributed by atoms with van der Waals surface area (Å²) in [4.78, 5) is 30.3. The molecular formula is C20H19N3O3S. The number of ether oxygens (including phenoxy) is 1. The van der Waals surface area contributed by atoms with Crippen LogP contribution in [0.4, 0.5) is 10.8 Å². The van der Waals surface area contributed by atoms with Crippen LogP contribution >= 0.6 is 11.3 Å². The van der Waals surface area contributed by atoms with Crippen molar-refractivity contribution in [3.8, 4) is 5.75 Å². The summed E-state index contributed by atoms with van der Waals surface area (Å²) in [6.07, 6.45) is 1.91. The van der Waals surface area contributed by atoms with E-state index in [4.69, 9.17) is 4.74 Å². The quantitative estimate of drug-likeness (QED) is 0.707. The lowest BCUT2D eigenvalue weighted by molar-refractivity contribution is -0.120. The number of para-hydroxylation sites is 1. The van der Waals surface area contributed by atoms with E-state index in [0.29, 0.717) is 16.6 Å². The average Bonchev–Trinajstić information content (AvgIpc) is 3.44. The van der Waals surface area contributed by atoms with Crippen LogP contribution < -0.4 is 15.0 Å². The number of amides is 2. The molecule has 1 saturated carbocycles. The van der Waals surface area contributed by atoms with Gasteiger partial charge in [0, 0.05) is 24.7 Å². The highest BCUT2D eigenvalue weighted by molar-refractivity contribution is 7.22. The SMILES string of the molecule is CN(C(=O)COc1cccc(NC(=O)C2CC2)c1)c1nc2ccccc2s1. The highest BCUT2D eigenvalue weighted by Gasteiger charge is 2.29. The highest BCUT2D eigenvalue weighted by Crippen LogP contribution is 2.31. The third-order valence-electron chi connectivity index (χ3n) is 4.36. The predicted octanol–water partition coefficient (Wildman–Crippen LogP) is 3.69. The maximum absolute atomic E-state index is 12.5. The summed E-state index contributed by atoms with van der Waals surface area (Å²) in [6.45, 7) is -0.105. The van der Waals surface area contributed by atoms with E-state index >= 15 is 0 Å². The molecule has 1 aliphatic carbocycles. The Morgan fingerprint density at radius 1 is 1.22 bits per heavy atom. The molecule has 6 nitrogen and oxygen atoms in total. The smallest absolute Gasteiger partial charge is 0.266 e. The second-order valence-corrected chi connectivity index (χ2v) is 7.51. The number of carbonyl (C=O) groups excluding carboxylic acids is 2. The third-order valence-corrected chi connectivity index (χ3v) is 5.47. The van der Waals surface area contributed by atoms with Crippen LogP contribution in [-0.4, -0.2) is 30.5 Å². The fraction of sp³-hybridized carbons (Fsp3) is 0.250. The van der Waals surface area contributed by atoms with E-state index in [1.165, 1.54) is 16.2 Å². The van der Waals surface area contributed by atoms with Gasteiger partial charge in [-0.25, -0.2) is 4.98 Å². The Morgan fingerprint density at radius 3 is 2.81 bits per heavy atom. The van der Waals surface area contributed by atoms with Gasteiger partial charge >= 0.3 is 0 Å². The summed E-state index contributed by atoms with van der Waals surface area (Å²) in [5.74, 6) is 0.522. The first kappa shape index (κ1) is 17.5. The number of likely N-dealkylation sites (N-methyl/N-ethyl adjacent to an activating group) is 1. The van der Waals surface area contributed by atoms with E-state index in [2.05, 4.69) is 10.3 Å². The molecule has 2 amide bonds. The summed E-state index contributed by atoms with van der Waals surface area (Å²) in [6, 6.07) is 14.9. The zero-order chi connectivity index (χ0) is 18.8. The molecule has 3 aromatic rings. The van der Waals surface area contributed by atoms with Crippen LogP contribution in [0.25, 0.3) is 10.2 Å². The number of nitrogens with one attached hydrogen (secondary N) is 1. The van der Waals surface area contributed by atoms with Gasteiger partial charge in [0.1, 0.15) is 5.75 Å². The van der Waals surface area contributed by atoms with Crippen molar-refractivity contribution in [1.29, 1.82) is 0 Å². The summed E-state index contributed by atoms with van der Waals surface area (Å²) in [7, 11) is 1.69. The van der Waals surface area contributed by atoms with Crippen molar-refractivity contribution in [2.45, 2.75) is 12.8 Å². The Bertz CT molecular complexity index is 964. The van der Waals surface area contributed by atoms with Crippen molar-refractivity contribution in [2.75, 3.05) is 23.9 Å². The van der Waals surface area contributed by atoms with Gasteiger partial charge in [0.15, 0.2) is 11.7 Å². The first-order valence-corrected chi connectivity index (χ1v) is 9.57. The molecule has 0 saturated heterocycles. The molecule has 4 rings (SSSR count). The minimum Gasteiger partial charge on any atom is -0.484 e. The van der Waals surface area contributed by atoms with Crippen LogP contribution in [0.5, 0.6) is 5.75 Å². The van der Waals surface area contributed by atoms with Crippen LogP contribution in [0, 0.1) is 5.92 Å². The lowest BCUT2D eigenvalue weighted by atomic mass is 10.3. The number of aromatic nitrogens is 1. The molecule has 27 heavy (non-hydrogen) atoms. The fourth-order valence-corrected chi connectivity index (χ4v) is 3.55. The van der Waals surface area contributed by atoms with Crippen molar-refractivity contribution in [2.24, 2.45) is 5.92 Å². The lowest BCUT2D eigenvalue weighted by Gasteiger charge is -2.14. The number of hydrogen-bond donors (Lipinski definition) is 1. The second-order valence-electron chi connectivity index (χ2n) is 6.50. The predicted molar refractivity (Wildman–Crippen MR) is 106 cm³/mol. The number of benzene rings is 2. The number of fused-ring (bicyclic) bond motifs is 1. The Hall–Kier alpha value is -2.93. The lowest BCUT2D eigenvalue weighted by Crippen LogP contribution is -2.31. The molecule has 0 unspecified atom stereocenters. The van der Waals surface area contributed by atoms with Crippen LogP contribution in [0.1, 0.15) is 12.8 Å². The molecule has 0 spiro atoms. The van der Waals surface area contributed by atoms with E-state index in [1.807, 2.05) is 30.3 Å². The molecule has 1 aromatic heterocycles. The molecule has 0 radical (unpaired) electrons. The van der Waals surface area contributed by atoms with Crippen LogP contribution in [0.2, 0.25) is 0 Å². The Morgan fingerprint density at radius 2 is 2.04 bits per heavy atom. The van der Waals surface area contributed by atoms with Crippen LogP contribution in [-0.2, 0) is 9.59 Å². The molecule has 0 bridgehead atoms. The number of hydrogen-bond acceptors (Lipinski definition) is 5. The molecule has 1 heterocycles. The van der Waals surface area contributed by atoms with Gasteiger partial charge in [0.2, 0.25) is 5.91 Å². The Balaban J connectivity index is 1.37. The van der Waals surface area contributed by atoms with Crippen molar-refractivity contribution < 1.29 is 14.3 Å². The summed E-state index contributed by atoms with van der Waals surface area (Å²) >= 11 is 1.46. The number of carbonyl (C=O) groups is 2. The minimum atomic E-state index is -0.193. The van der Waals surface area contributed by atoms with Crippen molar-refractivity contribution >= 4 is 44.2 Å². The van der Waals surface area contributed by atoms with E-state index in [1.54, 1.807) is 25.2 Å². The van der Waals surface area contributed by atoms with Gasteiger partial charge in [-0.15, -0.1) is 0 Å². The highest BCUT2D eigenvalue weighted by atomic mass is 32.1. The topological polar surface area (TPSA) is 71.5 Å².